The maximum atomic E-state index is 13.0. The second-order valence-corrected chi connectivity index (χ2v) is 5.24. The van der Waals surface area contributed by atoms with Crippen molar-refractivity contribution in [2.45, 2.75) is 26.3 Å². The van der Waals surface area contributed by atoms with E-state index in [0.717, 1.165) is 0 Å². The summed E-state index contributed by atoms with van der Waals surface area (Å²) in [5.41, 5.74) is -0.142. The van der Waals surface area contributed by atoms with Crippen LogP contribution >= 0.6 is 15.9 Å². The highest BCUT2D eigenvalue weighted by Gasteiger charge is 2.28. The molecule has 0 aromatic heterocycles. The second-order valence-electron chi connectivity index (χ2n) is 4.39. The molecule has 5 heteroatoms. The lowest BCUT2D eigenvalue weighted by molar-refractivity contribution is 0.195. The molecule has 88 valence electrons. The molecule has 1 amide bonds. The number of carbonyl (C=O) groups is 1. The molecule has 0 bridgehead atoms. The van der Waals surface area contributed by atoms with E-state index >= 15 is 0 Å². The van der Waals surface area contributed by atoms with Crippen molar-refractivity contribution in [2.24, 2.45) is 0 Å². The zero-order valence-electron chi connectivity index (χ0n) is 9.29. The number of nitrogens with zero attached hydrogens (tertiary/aromatic N) is 1. The van der Waals surface area contributed by atoms with Gasteiger partial charge in [0.1, 0.15) is 5.82 Å². The molecule has 0 atom stereocenters. The molecule has 0 heterocycles. The van der Waals surface area contributed by atoms with E-state index in [1.165, 1.54) is 23.1 Å². The number of hydrogen-bond acceptors (Lipinski definition) is 1. The maximum Gasteiger partial charge on any atom is 0.412 e. The number of amides is 1. The van der Waals surface area contributed by atoms with Crippen LogP contribution in [0.2, 0.25) is 0 Å². The molecule has 3 nitrogen and oxygen atoms in total. The summed E-state index contributed by atoms with van der Waals surface area (Å²) in [7, 11) is 0. The van der Waals surface area contributed by atoms with Crippen molar-refractivity contribution in [3.63, 3.8) is 0 Å². The molecule has 0 saturated carbocycles. The first-order valence-corrected chi connectivity index (χ1v) is 5.51. The Bertz CT molecular complexity index is 415. The van der Waals surface area contributed by atoms with Gasteiger partial charge in [-0.15, -0.1) is 0 Å². The van der Waals surface area contributed by atoms with Gasteiger partial charge in [-0.2, -0.15) is 0 Å². The van der Waals surface area contributed by atoms with Gasteiger partial charge in [0.05, 0.1) is 4.47 Å². The average Bonchev–Trinajstić information content (AvgIpc) is 2.08. The molecular formula is C11H13BrFNO2. The number of benzene rings is 1. The van der Waals surface area contributed by atoms with Gasteiger partial charge in [0.2, 0.25) is 0 Å². The Labute approximate surface area is 102 Å². The molecule has 0 spiro atoms. The molecule has 1 rings (SSSR count). The highest BCUT2D eigenvalue weighted by molar-refractivity contribution is 9.10. The standard InChI is InChI=1S/C11H13BrFNO2/c1-11(2,3)14(10(15)16)7-4-5-9(13)8(12)6-7/h4-6H,1-3H3,(H,15,16). The van der Waals surface area contributed by atoms with Crippen molar-refractivity contribution >= 4 is 27.7 Å². The molecule has 1 N–H and O–H groups in total. The van der Waals surface area contributed by atoms with Crippen LogP contribution in [0.15, 0.2) is 22.7 Å². The summed E-state index contributed by atoms with van der Waals surface area (Å²) in [5, 5.41) is 9.14. The Hall–Kier alpha value is -1.10. The third-order valence-electron chi connectivity index (χ3n) is 2.02. The summed E-state index contributed by atoms with van der Waals surface area (Å²) in [6.07, 6.45) is -1.06. The lowest BCUT2D eigenvalue weighted by atomic mass is 10.1. The van der Waals surface area contributed by atoms with Crippen molar-refractivity contribution < 1.29 is 14.3 Å². The van der Waals surface area contributed by atoms with Crippen LogP contribution in [0, 0.1) is 5.82 Å². The monoisotopic (exact) mass is 289 g/mol. The first-order valence-electron chi connectivity index (χ1n) is 4.71. The van der Waals surface area contributed by atoms with E-state index < -0.39 is 17.4 Å². The van der Waals surface area contributed by atoms with Gasteiger partial charge in [0, 0.05) is 11.2 Å². The van der Waals surface area contributed by atoms with Crippen LogP contribution < -0.4 is 4.90 Å². The van der Waals surface area contributed by atoms with Gasteiger partial charge in [-0.1, -0.05) is 0 Å². The average molecular weight is 290 g/mol. The van der Waals surface area contributed by atoms with E-state index in [1.54, 1.807) is 20.8 Å². The number of carboxylic acid groups (broad SMARTS) is 1. The van der Waals surface area contributed by atoms with E-state index in [1.807, 2.05) is 0 Å². The normalized spacial score (nSPS) is 11.3. The first kappa shape index (κ1) is 13.0. The lowest BCUT2D eigenvalue weighted by Crippen LogP contribution is -2.45. The van der Waals surface area contributed by atoms with Gasteiger partial charge >= 0.3 is 6.09 Å². The van der Waals surface area contributed by atoms with Gasteiger partial charge in [-0.25, -0.2) is 9.18 Å². The highest BCUT2D eigenvalue weighted by Crippen LogP contribution is 2.28. The van der Waals surface area contributed by atoms with Crippen LogP contribution in [0.1, 0.15) is 20.8 Å². The summed E-state index contributed by atoms with van der Waals surface area (Å²) >= 11 is 3.04. The fourth-order valence-corrected chi connectivity index (χ4v) is 1.78. The Morgan fingerprint density at radius 3 is 2.38 bits per heavy atom. The number of anilines is 1. The van der Waals surface area contributed by atoms with E-state index in [-0.39, 0.29) is 4.47 Å². The van der Waals surface area contributed by atoms with Crippen LogP contribution in [0.5, 0.6) is 0 Å². The van der Waals surface area contributed by atoms with Crippen LogP contribution in [-0.4, -0.2) is 16.7 Å². The molecule has 1 aromatic rings. The van der Waals surface area contributed by atoms with Gasteiger partial charge in [0.15, 0.2) is 0 Å². The van der Waals surface area contributed by atoms with Crippen molar-refractivity contribution in [1.82, 2.24) is 0 Å². The zero-order chi connectivity index (χ0) is 12.5. The predicted molar refractivity (Wildman–Crippen MR) is 64.4 cm³/mol. The van der Waals surface area contributed by atoms with Crippen LogP contribution in [0.25, 0.3) is 0 Å². The fraction of sp³-hybridized carbons (Fsp3) is 0.364. The third kappa shape index (κ3) is 2.72. The molecule has 16 heavy (non-hydrogen) atoms. The maximum absolute atomic E-state index is 13.0. The fourth-order valence-electron chi connectivity index (χ4n) is 1.41. The summed E-state index contributed by atoms with van der Waals surface area (Å²) < 4.78 is 13.3. The Balaban J connectivity index is 3.22. The van der Waals surface area contributed by atoms with Crippen LogP contribution in [-0.2, 0) is 0 Å². The molecule has 0 unspecified atom stereocenters. The van der Waals surface area contributed by atoms with Crippen molar-refractivity contribution in [1.29, 1.82) is 0 Å². The van der Waals surface area contributed by atoms with Crippen molar-refractivity contribution in [2.75, 3.05) is 4.90 Å². The van der Waals surface area contributed by atoms with Gasteiger partial charge in [0.25, 0.3) is 0 Å². The minimum atomic E-state index is -1.06. The quantitative estimate of drug-likeness (QED) is 0.853. The molecule has 0 aliphatic rings. The molecule has 0 aliphatic carbocycles. The van der Waals surface area contributed by atoms with Crippen molar-refractivity contribution in [3.8, 4) is 0 Å². The topological polar surface area (TPSA) is 40.5 Å². The smallest absolute Gasteiger partial charge is 0.412 e. The number of halogens is 2. The van der Waals surface area contributed by atoms with Crippen molar-refractivity contribution in [3.05, 3.63) is 28.5 Å². The molecule has 0 aliphatic heterocycles. The van der Waals surface area contributed by atoms with Crippen LogP contribution in [0.4, 0.5) is 14.9 Å². The molecular weight excluding hydrogens is 277 g/mol. The van der Waals surface area contributed by atoms with E-state index in [2.05, 4.69) is 15.9 Å². The molecule has 0 fully saturated rings. The lowest BCUT2D eigenvalue weighted by Gasteiger charge is -2.33. The summed E-state index contributed by atoms with van der Waals surface area (Å²) in [6.45, 7) is 5.33. The van der Waals surface area contributed by atoms with E-state index in [0.29, 0.717) is 5.69 Å². The highest BCUT2D eigenvalue weighted by atomic mass is 79.9. The predicted octanol–water partition coefficient (Wildman–Crippen LogP) is 3.87. The Morgan fingerprint density at radius 2 is 2.00 bits per heavy atom. The molecule has 0 radical (unpaired) electrons. The molecule has 0 saturated heterocycles. The zero-order valence-corrected chi connectivity index (χ0v) is 10.9. The Kier molecular flexibility index (Phi) is 3.57. The summed E-state index contributed by atoms with van der Waals surface area (Å²) in [5.74, 6) is -0.414. The summed E-state index contributed by atoms with van der Waals surface area (Å²) in [6, 6.07) is 4.13. The Morgan fingerprint density at radius 1 is 1.44 bits per heavy atom. The van der Waals surface area contributed by atoms with E-state index in [4.69, 9.17) is 5.11 Å². The van der Waals surface area contributed by atoms with Gasteiger partial charge in [-0.05, 0) is 54.9 Å². The van der Waals surface area contributed by atoms with E-state index in [9.17, 15) is 9.18 Å². The SMILES string of the molecule is CC(C)(C)N(C(=O)O)c1ccc(F)c(Br)c1. The number of rotatable bonds is 1. The third-order valence-corrected chi connectivity index (χ3v) is 2.63. The summed E-state index contributed by atoms with van der Waals surface area (Å²) in [4.78, 5) is 12.4. The minimum Gasteiger partial charge on any atom is -0.465 e. The largest absolute Gasteiger partial charge is 0.465 e. The van der Waals surface area contributed by atoms with Gasteiger partial charge < -0.3 is 5.11 Å². The van der Waals surface area contributed by atoms with Gasteiger partial charge in [-0.3, -0.25) is 4.90 Å². The van der Waals surface area contributed by atoms with Crippen LogP contribution in [0.3, 0.4) is 0 Å². The molecule has 1 aromatic carbocycles. The minimum absolute atomic E-state index is 0.250. The number of hydrogen-bond donors (Lipinski definition) is 1. The second kappa shape index (κ2) is 4.41. The first-order chi connectivity index (χ1) is 7.23.